The highest BCUT2D eigenvalue weighted by Gasteiger charge is 2.29. The van der Waals surface area contributed by atoms with Gasteiger partial charge in [-0.2, -0.15) is 0 Å². The van der Waals surface area contributed by atoms with Gasteiger partial charge in [-0.3, -0.25) is 9.79 Å². The third kappa shape index (κ3) is 15.4. The molecule has 0 N–H and O–H groups in total. The minimum atomic E-state index is 0.0595. The van der Waals surface area contributed by atoms with E-state index in [2.05, 4.69) is 96.3 Å². The number of carbonyl (C=O) groups excluding carboxylic acids is 2. The average molecular weight is 658 g/mol. The Morgan fingerprint density at radius 3 is 2.06 bits per heavy atom. The van der Waals surface area contributed by atoms with E-state index in [-0.39, 0.29) is 12.0 Å². The molecular formula is C43H63NO2S. The molecule has 2 atom stereocenters. The number of benzene rings is 2. The van der Waals surface area contributed by atoms with Gasteiger partial charge in [-0.15, -0.1) is 11.8 Å². The zero-order chi connectivity index (χ0) is 34.6. The average Bonchev–Trinajstić information content (AvgIpc) is 3.07. The van der Waals surface area contributed by atoms with E-state index in [4.69, 9.17) is 9.79 Å². The molecule has 0 aromatic heterocycles. The largest absolute Gasteiger partial charge is 0.304 e. The van der Waals surface area contributed by atoms with Crippen molar-refractivity contribution in [3.05, 3.63) is 89.5 Å². The van der Waals surface area contributed by atoms with E-state index in [9.17, 15) is 4.79 Å². The number of thioether (sulfide) groups is 1. The van der Waals surface area contributed by atoms with Crippen molar-refractivity contribution in [2.24, 2.45) is 22.7 Å². The number of hydrogen-bond donors (Lipinski definition) is 0. The first-order valence-electron chi connectivity index (χ1n) is 18.2. The lowest BCUT2D eigenvalue weighted by atomic mass is 9.80. The van der Waals surface area contributed by atoms with Crippen LogP contribution in [0.2, 0.25) is 0 Å². The van der Waals surface area contributed by atoms with Gasteiger partial charge in [0.15, 0.2) is 0 Å². The zero-order valence-electron chi connectivity index (χ0n) is 30.5. The Bertz CT molecular complexity index is 1280. The topological polar surface area (TPSA) is 46.5 Å². The predicted octanol–water partition coefficient (Wildman–Crippen LogP) is 12.1. The third-order valence-corrected chi connectivity index (χ3v) is 10.7. The second-order valence-electron chi connectivity index (χ2n) is 13.8. The quantitative estimate of drug-likeness (QED) is 0.0932. The normalized spacial score (nSPS) is 16.9. The number of carbonyl (C=O) groups is 2. The van der Waals surface area contributed by atoms with Crippen molar-refractivity contribution >= 4 is 29.5 Å². The van der Waals surface area contributed by atoms with E-state index >= 15 is 0 Å². The minimum absolute atomic E-state index is 0.0595. The van der Waals surface area contributed by atoms with E-state index in [0.29, 0.717) is 24.0 Å². The van der Waals surface area contributed by atoms with Crippen molar-refractivity contribution in [2.75, 3.05) is 5.75 Å². The molecule has 1 unspecified atom stereocenters. The van der Waals surface area contributed by atoms with Crippen LogP contribution in [-0.2, 0) is 9.59 Å². The Balaban J connectivity index is 0.000000425. The van der Waals surface area contributed by atoms with Crippen LogP contribution in [0.4, 0.5) is 0 Å². The SMILES string of the molecule is C=C(C)CSc1cccc(C)c1.C=C(CC)CC(C)[C@H](CC(=O)C1CCCCC1)N=C(c1ccccc1C)C1CCCCC1.CC=O. The highest BCUT2D eigenvalue weighted by atomic mass is 32.2. The zero-order valence-corrected chi connectivity index (χ0v) is 31.3. The molecule has 0 heterocycles. The minimum Gasteiger partial charge on any atom is -0.304 e. The van der Waals surface area contributed by atoms with Gasteiger partial charge in [-0.05, 0) is 95.4 Å². The van der Waals surface area contributed by atoms with Crippen molar-refractivity contribution < 1.29 is 9.59 Å². The van der Waals surface area contributed by atoms with Crippen LogP contribution in [0, 0.1) is 31.6 Å². The Kier molecular flexibility index (Phi) is 19.6. The van der Waals surface area contributed by atoms with Crippen molar-refractivity contribution in [1.29, 1.82) is 0 Å². The summed E-state index contributed by atoms with van der Waals surface area (Å²) in [5.41, 5.74) is 7.70. The molecule has 3 nitrogen and oxygen atoms in total. The van der Waals surface area contributed by atoms with Crippen LogP contribution in [0.1, 0.15) is 128 Å². The molecule has 0 amide bonds. The lowest BCUT2D eigenvalue weighted by Gasteiger charge is -2.29. The maximum Gasteiger partial charge on any atom is 0.138 e. The fourth-order valence-electron chi connectivity index (χ4n) is 6.63. The summed E-state index contributed by atoms with van der Waals surface area (Å²) in [7, 11) is 0. The number of nitrogens with zero attached hydrogens (tertiary/aromatic N) is 1. The number of allylic oxidation sites excluding steroid dienone is 1. The first-order valence-corrected chi connectivity index (χ1v) is 19.1. The van der Waals surface area contributed by atoms with Crippen LogP contribution in [0.25, 0.3) is 0 Å². The Labute approximate surface area is 292 Å². The van der Waals surface area contributed by atoms with Crippen molar-refractivity contribution in [3.63, 3.8) is 0 Å². The van der Waals surface area contributed by atoms with Gasteiger partial charge in [0.25, 0.3) is 0 Å². The van der Waals surface area contributed by atoms with E-state index in [1.165, 1.54) is 96.7 Å². The lowest BCUT2D eigenvalue weighted by Crippen LogP contribution is -2.29. The second-order valence-corrected chi connectivity index (χ2v) is 14.9. The molecule has 4 heteroatoms. The van der Waals surface area contributed by atoms with E-state index < -0.39 is 0 Å². The van der Waals surface area contributed by atoms with E-state index in [1.807, 2.05) is 11.8 Å². The van der Waals surface area contributed by atoms with Crippen LogP contribution in [0.15, 0.2) is 82.7 Å². The molecule has 258 valence electrons. The second kappa shape index (κ2) is 22.8. The summed E-state index contributed by atoms with van der Waals surface area (Å²) in [4.78, 5) is 29.0. The molecule has 2 aromatic rings. The first kappa shape index (κ1) is 40.5. The Hall–Kier alpha value is -2.72. The number of hydrogen-bond acceptors (Lipinski definition) is 4. The van der Waals surface area contributed by atoms with Crippen LogP contribution in [0.3, 0.4) is 0 Å². The number of aliphatic imine (C=N–C) groups is 1. The summed E-state index contributed by atoms with van der Waals surface area (Å²) in [5, 5.41) is 0. The molecule has 4 rings (SSSR count). The smallest absolute Gasteiger partial charge is 0.138 e. The summed E-state index contributed by atoms with van der Waals surface area (Å²) in [6.45, 7) is 20.4. The molecule has 0 radical (unpaired) electrons. The number of rotatable bonds is 13. The van der Waals surface area contributed by atoms with Crippen LogP contribution in [-0.4, -0.2) is 29.6 Å². The van der Waals surface area contributed by atoms with Crippen molar-refractivity contribution in [3.8, 4) is 0 Å². The number of aldehydes is 1. The van der Waals surface area contributed by atoms with Gasteiger partial charge in [0.2, 0.25) is 0 Å². The molecule has 0 aliphatic heterocycles. The van der Waals surface area contributed by atoms with Gasteiger partial charge in [0.1, 0.15) is 12.1 Å². The van der Waals surface area contributed by atoms with Crippen LogP contribution in [0.5, 0.6) is 0 Å². The van der Waals surface area contributed by atoms with Gasteiger partial charge in [-0.25, -0.2) is 0 Å². The standard InChI is InChI=1S/C30H45NO.C11H14S.C2H4O/c1-5-22(2)20-24(4)28(21-29(32)25-15-8-6-9-16-25)31-30(26-17-10-7-11-18-26)27-19-13-12-14-23(27)3;1-9(2)8-12-11-6-4-5-10(3)7-11;1-2-3/h12-14,19,24-26,28H,2,5-11,15-18,20-21H2,1,3-4H3;4-7H,1,8H2,2-3H3;2H,1H3/t24?,28-;;/m0../s1. The van der Waals surface area contributed by atoms with Crippen molar-refractivity contribution in [1.82, 2.24) is 0 Å². The van der Waals surface area contributed by atoms with Crippen LogP contribution < -0.4 is 0 Å². The Morgan fingerprint density at radius 2 is 1.51 bits per heavy atom. The summed E-state index contributed by atoms with van der Waals surface area (Å²) < 4.78 is 0. The predicted molar refractivity (Wildman–Crippen MR) is 206 cm³/mol. The summed E-state index contributed by atoms with van der Waals surface area (Å²) in [6.07, 6.45) is 15.6. The molecule has 2 aliphatic rings. The maximum absolute atomic E-state index is 13.3. The molecule has 2 saturated carbocycles. The lowest BCUT2D eigenvalue weighted by molar-refractivity contribution is -0.124. The molecule has 0 saturated heterocycles. The fraction of sp³-hybridized carbons (Fsp3) is 0.558. The summed E-state index contributed by atoms with van der Waals surface area (Å²) in [6, 6.07) is 17.3. The van der Waals surface area contributed by atoms with Gasteiger partial charge < -0.3 is 4.79 Å². The highest BCUT2D eigenvalue weighted by molar-refractivity contribution is 7.99. The van der Waals surface area contributed by atoms with Gasteiger partial charge >= 0.3 is 0 Å². The Morgan fingerprint density at radius 1 is 0.915 bits per heavy atom. The van der Waals surface area contributed by atoms with Gasteiger partial charge in [0.05, 0.1) is 6.04 Å². The van der Waals surface area contributed by atoms with Gasteiger partial charge in [0, 0.05) is 34.6 Å². The van der Waals surface area contributed by atoms with Crippen LogP contribution >= 0.6 is 11.8 Å². The summed E-state index contributed by atoms with van der Waals surface area (Å²) in [5.74, 6) is 2.61. The molecule has 0 spiro atoms. The van der Waals surface area contributed by atoms with E-state index in [0.717, 1.165) is 37.7 Å². The van der Waals surface area contributed by atoms with Crippen molar-refractivity contribution in [2.45, 2.75) is 136 Å². The number of aryl methyl sites for hydroxylation is 2. The fourth-order valence-corrected chi connectivity index (χ4v) is 7.49. The molecular weight excluding hydrogens is 595 g/mol. The van der Waals surface area contributed by atoms with Gasteiger partial charge in [-0.1, -0.05) is 119 Å². The maximum atomic E-state index is 13.3. The number of ketones is 1. The molecule has 47 heavy (non-hydrogen) atoms. The molecule has 0 bridgehead atoms. The van der Waals surface area contributed by atoms with E-state index in [1.54, 1.807) is 0 Å². The first-order chi connectivity index (χ1) is 22.6. The monoisotopic (exact) mass is 657 g/mol. The summed E-state index contributed by atoms with van der Waals surface area (Å²) >= 11 is 1.84. The number of Topliss-reactive ketones (excluding diaryl/α,β-unsaturated/α-hetero) is 1. The third-order valence-electron chi connectivity index (χ3n) is 9.43. The highest BCUT2D eigenvalue weighted by Crippen LogP contribution is 2.33. The molecule has 2 aliphatic carbocycles. The molecule has 2 aromatic carbocycles. The molecule has 2 fully saturated rings.